The molecule has 0 spiro atoms. The van der Waals surface area contributed by atoms with E-state index in [2.05, 4.69) is 10.6 Å². The van der Waals surface area contributed by atoms with E-state index in [-0.39, 0.29) is 20.0 Å². The summed E-state index contributed by atoms with van der Waals surface area (Å²) in [5.74, 6) is 0. The molecular formula is C5H12N8O8. The van der Waals surface area contributed by atoms with Crippen molar-refractivity contribution in [2.45, 2.75) is 12.6 Å². The summed E-state index contributed by atoms with van der Waals surface area (Å²) in [6.45, 7) is -0.661. The molecule has 0 aliphatic carbocycles. The second kappa shape index (κ2) is 9.36. The lowest BCUT2D eigenvalue weighted by atomic mass is 10.8. The van der Waals surface area contributed by atoms with Crippen LogP contribution in [0.2, 0.25) is 0 Å². The molecule has 0 rings (SSSR count). The van der Waals surface area contributed by atoms with Gasteiger partial charge in [0.25, 0.3) is 0 Å². The van der Waals surface area contributed by atoms with Gasteiger partial charge in [0.15, 0.2) is 0 Å². The van der Waals surface area contributed by atoms with Crippen molar-refractivity contribution < 1.29 is 19.7 Å². The Morgan fingerprint density at radius 3 is 1.14 bits per heavy atom. The fraction of sp³-hybridized carbons (Fsp3) is 1.00. The normalized spacial score (nSPS) is 10.8. The number of nitrogens with one attached hydrogen (secondary N) is 4. The zero-order valence-corrected chi connectivity index (χ0v) is 10.3. The third-order valence-electron chi connectivity index (χ3n) is 1.87. The Kier molecular flexibility index (Phi) is 8.22. The van der Waals surface area contributed by atoms with Crippen molar-refractivity contribution in [3.8, 4) is 0 Å². The van der Waals surface area contributed by atoms with Crippen molar-refractivity contribution in [1.82, 2.24) is 21.3 Å². The van der Waals surface area contributed by atoms with E-state index in [1.165, 1.54) is 0 Å². The van der Waals surface area contributed by atoms with Crippen LogP contribution in [0.3, 0.4) is 0 Å². The minimum Gasteiger partial charge on any atom is -0.291 e. The van der Waals surface area contributed by atoms with E-state index >= 15 is 0 Å². The summed E-state index contributed by atoms with van der Waals surface area (Å²) in [5, 5.41) is 49.8. The molecule has 0 aromatic carbocycles. The highest BCUT2D eigenvalue weighted by atomic mass is 16.7. The molecule has 21 heavy (non-hydrogen) atoms. The van der Waals surface area contributed by atoms with Crippen LogP contribution in [0.1, 0.15) is 0 Å². The van der Waals surface area contributed by atoms with E-state index in [0.29, 0.717) is 0 Å². The summed E-state index contributed by atoms with van der Waals surface area (Å²) >= 11 is 0. The number of nitro groups is 4. The zero-order chi connectivity index (χ0) is 16.4. The highest BCUT2D eigenvalue weighted by Crippen LogP contribution is 1.85. The van der Waals surface area contributed by atoms with Crippen LogP contribution in [0.5, 0.6) is 0 Å². The van der Waals surface area contributed by atoms with Crippen molar-refractivity contribution in [2.24, 2.45) is 0 Å². The van der Waals surface area contributed by atoms with Gasteiger partial charge >= 0.3 is 12.6 Å². The molecule has 0 fully saturated rings. The molecule has 0 aromatic rings. The zero-order valence-electron chi connectivity index (χ0n) is 10.3. The molecule has 16 nitrogen and oxygen atoms in total. The molecule has 0 aliphatic heterocycles. The van der Waals surface area contributed by atoms with Crippen molar-refractivity contribution in [3.63, 3.8) is 0 Å². The first-order chi connectivity index (χ1) is 9.77. The highest BCUT2D eigenvalue weighted by molar-refractivity contribution is 4.46. The van der Waals surface area contributed by atoms with Crippen LogP contribution >= 0.6 is 0 Å². The lowest BCUT2D eigenvalue weighted by Crippen LogP contribution is -2.50. The van der Waals surface area contributed by atoms with Gasteiger partial charge < -0.3 is 0 Å². The third-order valence-corrected chi connectivity index (χ3v) is 1.87. The number of nitrogens with zero attached hydrogens (tertiary/aromatic N) is 4. The Morgan fingerprint density at radius 1 is 0.619 bits per heavy atom. The van der Waals surface area contributed by atoms with E-state index in [1.807, 2.05) is 10.6 Å². The topological polar surface area (TPSA) is 221 Å². The second-order valence-electron chi connectivity index (χ2n) is 3.33. The predicted molar refractivity (Wildman–Crippen MR) is 62.7 cm³/mol. The molecule has 4 N–H and O–H groups in total. The van der Waals surface area contributed by atoms with Crippen LogP contribution in [0, 0.1) is 40.5 Å². The molecule has 0 aliphatic rings. The first-order valence-electron chi connectivity index (χ1n) is 5.19. The van der Waals surface area contributed by atoms with Gasteiger partial charge in [-0.05, 0) is 0 Å². The largest absolute Gasteiger partial charge is 0.513 e. The number of hydrogen-bond acceptors (Lipinski definition) is 12. The summed E-state index contributed by atoms with van der Waals surface area (Å²) in [4.78, 5) is 36.4. The molecule has 16 heteroatoms. The van der Waals surface area contributed by atoms with Crippen LogP contribution in [0.15, 0.2) is 0 Å². The van der Waals surface area contributed by atoms with Gasteiger partial charge in [0.2, 0.25) is 0 Å². The summed E-state index contributed by atoms with van der Waals surface area (Å²) in [7, 11) is 0. The Labute approximate surface area is 115 Å². The van der Waals surface area contributed by atoms with Gasteiger partial charge in [-0.15, -0.1) is 0 Å². The number of rotatable bonds is 12. The van der Waals surface area contributed by atoms with Gasteiger partial charge in [0.1, 0.15) is 19.7 Å². The van der Waals surface area contributed by atoms with E-state index in [9.17, 15) is 40.5 Å². The fourth-order valence-electron chi connectivity index (χ4n) is 0.992. The van der Waals surface area contributed by atoms with Crippen molar-refractivity contribution >= 4 is 0 Å². The van der Waals surface area contributed by atoms with E-state index in [0.717, 1.165) is 0 Å². The van der Waals surface area contributed by atoms with Crippen molar-refractivity contribution in [2.75, 3.05) is 20.0 Å². The van der Waals surface area contributed by atoms with Crippen LogP contribution in [0.4, 0.5) is 0 Å². The fourth-order valence-corrected chi connectivity index (χ4v) is 0.992. The van der Waals surface area contributed by atoms with E-state index in [1.54, 1.807) is 0 Å². The van der Waals surface area contributed by atoms with Crippen LogP contribution in [0.25, 0.3) is 0 Å². The Bertz CT molecular complexity index is 338. The monoisotopic (exact) mass is 312 g/mol. The molecular weight excluding hydrogens is 300 g/mol. The van der Waals surface area contributed by atoms with Gasteiger partial charge in [-0.1, -0.05) is 0 Å². The maximum Gasteiger partial charge on any atom is 0.513 e. The Morgan fingerprint density at radius 2 is 0.905 bits per heavy atom. The molecule has 0 aromatic heterocycles. The third kappa shape index (κ3) is 7.57. The summed E-state index contributed by atoms with van der Waals surface area (Å²) in [5.41, 5.74) is 0. The predicted octanol–water partition coefficient (Wildman–Crippen LogP) is -3.11. The molecule has 0 amide bonds. The average molecular weight is 312 g/mol. The van der Waals surface area contributed by atoms with Gasteiger partial charge in [-0.2, -0.15) is 10.6 Å². The Balaban J connectivity index is 3.78. The first kappa shape index (κ1) is 18.4. The average Bonchev–Trinajstić information content (AvgIpc) is 2.34. The quantitative estimate of drug-likeness (QED) is 0.122. The standard InChI is InChI=1S/C5H12N8O8/c14-10(15)4(11(16)17)8-2-6-1-7-3-9-5(12(18)19)13(20)21/h4-9H,1-3H2. The molecule has 0 unspecified atom stereocenters. The lowest BCUT2D eigenvalue weighted by molar-refractivity contribution is -0.749. The minimum absolute atomic E-state index is 0.0652. The molecule has 0 bridgehead atoms. The van der Waals surface area contributed by atoms with Gasteiger partial charge in [-0.25, -0.2) is 0 Å². The smallest absolute Gasteiger partial charge is 0.291 e. The molecule has 0 radical (unpaired) electrons. The van der Waals surface area contributed by atoms with Gasteiger partial charge in [0, 0.05) is 6.67 Å². The second-order valence-corrected chi connectivity index (χ2v) is 3.33. The van der Waals surface area contributed by atoms with Crippen LogP contribution < -0.4 is 21.3 Å². The van der Waals surface area contributed by atoms with Gasteiger partial charge in [0.05, 0.1) is 13.3 Å². The summed E-state index contributed by atoms with van der Waals surface area (Å²) < 4.78 is 0. The van der Waals surface area contributed by atoms with Crippen LogP contribution in [-0.2, 0) is 0 Å². The van der Waals surface area contributed by atoms with Crippen molar-refractivity contribution in [1.29, 1.82) is 0 Å². The molecule has 0 saturated heterocycles. The maximum absolute atomic E-state index is 10.2. The Hall–Kier alpha value is -2.56. The maximum atomic E-state index is 10.2. The van der Waals surface area contributed by atoms with Gasteiger partial charge in [-0.3, -0.25) is 51.1 Å². The summed E-state index contributed by atoms with van der Waals surface area (Å²) in [6.07, 6.45) is -4.33. The number of hydrogen-bond donors (Lipinski definition) is 4. The molecule has 0 atom stereocenters. The first-order valence-corrected chi connectivity index (χ1v) is 5.19. The highest BCUT2D eigenvalue weighted by Gasteiger charge is 2.31. The summed E-state index contributed by atoms with van der Waals surface area (Å²) in [6, 6.07) is 0. The van der Waals surface area contributed by atoms with E-state index in [4.69, 9.17) is 0 Å². The molecule has 0 saturated carbocycles. The lowest BCUT2D eigenvalue weighted by Gasteiger charge is -2.08. The van der Waals surface area contributed by atoms with Crippen LogP contribution in [-0.4, -0.2) is 52.3 Å². The molecule has 0 heterocycles. The van der Waals surface area contributed by atoms with E-state index < -0.39 is 32.3 Å². The van der Waals surface area contributed by atoms with Crippen molar-refractivity contribution in [3.05, 3.63) is 40.5 Å². The minimum atomic E-state index is -2.16. The SMILES string of the molecule is O=[N+]([O-])C(NCNCNCNC([N+](=O)[O-])[N+](=O)[O-])[N+](=O)[O-]. The molecule has 120 valence electrons.